The van der Waals surface area contributed by atoms with E-state index in [0.29, 0.717) is 19.4 Å². The van der Waals surface area contributed by atoms with Crippen molar-refractivity contribution in [3.63, 3.8) is 0 Å². The van der Waals surface area contributed by atoms with Gasteiger partial charge < -0.3 is 4.74 Å². The molecule has 27 heavy (non-hydrogen) atoms. The standard InChI is InChI=1S/C23H23NO3/c1-4-27-23(26)9-8-17-6-5-7-18(12-17)22-14-20(25)13-19-10-15(2)16(3)11-21(19)24-22/h5-12H,4,13-14H2,1-3H3/b9-8+. The van der Waals surface area contributed by atoms with E-state index in [4.69, 9.17) is 9.73 Å². The van der Waals surface area contributed by atoms with Crippen LogP contribution in [-0.4, -0.2) is 24.1 Å². The van der Waals surface area contributed by atoms with Crippen molar-refractivity contribution in [3.05, 3.63) is 70.3 Å². The minimum Gasteiger partial charge on any atom is -0.463 e. The highest BCUT2D eigenvalue weighted by atomic mass is 16.5. The first kappa shape index (κ1) is 18.8. The lowest BCUT2D eigenvalue weighted by Crippen LogP contribution is -2.09. The molecule has 0 fully saturated rings. The number of aliphatic imine (C=N–C) groups is 1. The van der Waals surface area contributed by atoms with Crippen LogP contribution in [-0.2, 0) is 20.7 Å². The van der Waals surface area contributed by atoms with Gasteiger partial charge in [-0.15, -0.1) is 0 Å². The molecule has 1 aliphatic rings. The smallest absolute Gasteiger partial charge is 0.330 e. The molecule has 0 atom stereocenters. The first-order valence-corrected chi connectivity index (χ1v) is 9.11. The molecule has 0 amide bonds. The Morgan fingerprint density at radius 2 is 1.93 bits per heavy atom. The molecule has 0 saturated heterocycles. The second-order valence-electron chi connectivity index (χ2n) is 6.73. The van der Waals surface area contributed by atoms with Gasteiger partial charge in [-0.05, 0) is 66.8 Å². The second-order valence-corrected chi connectivity index (χ2v) is 6.73. The molecule has 2 aromatic carbocycles. The highest BCUT2D eigenvalue weighted by Gasteiger charge is 2.18. The van der Waals surface area contributed by atoms with Gasteiger partial charge in [-0.1, -0.05) is 24.3 Å². The number of hydrogen-bond acceptors (Lipinski definition) is 4. The Labute approximate surface area is 159 Å². The van der Waals surface area contributed by atoms with Gasteiger partial charge in [0.2, 0.25) is 0 Å². The molecule has 0 spiro atoms. The van der Waals surface area contributed by atoms with Crippen molar-refractivity contribution < 1.29 is 14.3 Å². The van der Waals surface area contributed by atoms with Gasteiger partial charge in [0.1, 0.15) is 5.78 Å². The molecule has 0 bridgehead atoms. The molecule has 0 aromatic heterocycles. The molecule has 0 aliphatic carbocycles. The first-order chi connectivity index (χ1) is 13.0. The maximum Gasteiger partial charge on any atom is 0.330 e. The summed E-state index contributed by atoms with van der Waals surface area (Å²) in [4.78, 5) is 28.8. The summed E-state index contributed by atoms with van der Waals surface area (Å²) >= 11 is 0. The van der Waals surface area contributed by atoms with Crippen molar-refractivity contribution in [1.29, 1.82) is 0 Å². The lowest BCUT2D eigenvalue weighted by atomic mass is 9.99. The van der Waals surface area contributed by atoms with Crippen LogP contribution in [0.5, 0.6) is 0 Å². The normalized spacial score (nSPS) is 13.9. The third-order valence-electron chi connectivity index (χ3n) is 4.62. The Morgan fingerprint density at radius 1 is 1.15 bits per heavy atom. The van der Waals surface area contributed by atoms with Crippen molar-refractivity contribution in [1.82, 2.24) is 0 Å². The predicted octanol–water partition coefficient (Wildman–Crippen LogP) is 4.52. The van der Waals surface area contributed by atoms with E-state index in [0.717, 1.165) is 33.7 Å². The lowest BCUT2D eigenvalue weighted by molar-refractivity contribution is -0.137. The molecular formula is C23H23NO3. The second kappa shape index (κ2) is 8.12. The molecule has 2 aromatic rings. The summed E-state index contributed by atoms with van der Waals surface area (Å²) in [6.45, 7) is 6.22. The molecule has 0 unspecified atom stereocenters. The molecule has 0 saturated carbocycles. The van der Waals surface area contributed by atoms with Crippen LogP contribution in [0.25, 0.3) is 6.08 Å². The number of hydrogen-bond donors (Lipinski definition) is 0. The van der Waals surface area contributed by atoms with Crippen LogP contribution in [0.4, 0.5) is 5.69 Å². The number of carbonyl (C=O) groups is 2. The van der Waals surface area contributed by atoms with Crippen molar-refractivity contribution in [2.75, 3.05) is 6.61 Å². The van der Waals surface area contributed by atoms with Gasteiger partial charge in [0.15, 0.2) is 0 Å². The van der Waals surface area contributed by atoms with E-state index in [2.05, 4.69) is 19.9 Å². The van der Waals surface area contributed by atoms with Crippen LogP contribution in [0, 0.1) is 13.8 Å². The molecule has 4 heteroatoms. The summed E-state index contributed by atoms with van der Waals surface area (Å²) in [6.07, 6.45) is 3.83. The number of nitrogens with zero attached hydrogens (tertiary/aromatic N) is 1. The zero-order chi connectivity index (χ0) is 19.4. The summed E-state index contributed by atoms with van der Waals surface area (Å²) in [6, 6.07) is 11.8. The van der Waals surface area contributed by atoms with Gasteiger partial charge in [-0.2, -0.15) is 0 Å². The Kier molecular flexibility index (Phi) is 5.65. The molecule has 3 rings (SSSR count). The number of aryl methyl sites for hydroxylation is 2. The van der Waals surface area contributed by atoms with Gasteiger partial charge in [-0.3, -0.25) is 9.79 Å². The minimum atomic E-state index is -0.371. The van der Waals surface area contributed by atoms with Gasteiger partial charge in [0, 0.05) is 18.9 Å². The summed E-state index contributed by atoms with van der Waals surface area (Å²) < 4.78 is 4.91. The fourth-order valence-electron chi connectivity index (χ4n) is 3.10. The van der Waals surface area contributed by atoms with Crippen molar-refractivity contribution in [2.45, 2.75) is 33.6 Å². The number of carbonyl (C=O) groups excluding carboxylic acids is 2. The van der Waals surface area contributed by atoms with Crippen LogP contribution in [0.1, 0.15) is 41.2 Å². The molecule has 4 nitrogen and oxygen atoms in total. The topological polar surface area (TPSA) is 55.7 Å². The average Bonchev–Trinajstić information content (AvgIpc) is 2.79. The maximum absolute atomic E-state index is 12.4. The quantitative estimate of drug-likeness (QED) is 0.594. The number of ether oxygens (including phenoxy) is 1. The fourth-order valence-corrected chi connectivity index (χ4v) is 3.10. The van der Waals surface area contributed by atoms with Crippen LogP contribution in [0.3, 0.4) is 0 Å². The van der Waals surface area contributed by atoms with Crippen molar-refractivity contribution in [2.24, 2.45) is 4.99 Å². The lowest BCUT2D eigenvalue weighted by Gasteiger charge is -2.07. The number of ketones is 1. The van der Waals surface area contributed by atoms with E-state index >= 15 is 0 Å². The number of benzene rings is 2. The highest BCUT2D eigenvalue weighted by molar-refractivity contribution is 6.13. The molecule has 0 radical (unpaired) electrons. The largest absolute Gasteiger partial charge is 0.463 e. The summed E-state index contributed by atoms with van der Waals surface area (Å²) in [5, 5.41) is 0. The zero-order valence-corrected chi connectivity index (χ0v) is 15.9. The molecule has 1 heterocycles. The minimum absolute atomic E-state index is 0.156. The number of fused-ring (bicyclic) bond motifs is 1. The Bertz CT molecular complexity index is 954. The highest BCUT2D eigenvalue weighted by Crippen LogP contribution is 2.29. The van der Waals surface area contributed by atoms with Crippen molar-refractivity contribution >= 4 is 29.2 Å². The Morgan fingerprint density at radius 3 is 2.70 bits per heavy atom. The zero-order valence-electron chi connectivity index (χ0n) is 15.9. The number of rotatable bonds is 4. The summed E-state index contributed by atoms with van der Waals surface area (Å²) in [7, 11) is 0. The van der Waals surface area contributed by atoms with E-state index in [-0.39, 0.29) is 11.8 Å². The fraction of sp³-hybridized carbons (Fsp3) is 0.261. The van der Waals surface area contributed by atoms with E-state index in [1.807, 2.05) is 30.3 Å². The van der Waals surface area contributed by atoms with Crippen molar-refractivity contribution in [3.8, 4) is 0 Å². The Balaban J connectivity index is 1.96. The number of esters is 1. The van der Waals surface area contributed by atoms with Crippen LogP contribution >= 0.6 is 0 Å². The van der Waals surface area contributed by atoms with Crippen LogP contribution in [0.2, 0.25) is 0 Å². The van der Waals surface area contributed by atoms with E-state index < -0.39 is 0 Å². The summed E-state index contributed by atoms with van der Waals surface area (Å²) in [5.41, 5.74) is 6.69. The summed E-state index contributed by atoms with van der Waals surface area (Å²) in [5.74, 6) is -0.215. The van der Waals surface area contributed by atoms with Gasteiger partial charge >= 0.3 is 5.97 Å². The maximum atomic E-state index is 12.4. The third-order valence-corrected chi connectivity index (χ3v) is 4.62. The molecular weight excluding hydrogens is 338 g/mol. The van der Waals surface area contributed by atoms with Crippen LogP contribution in [0.15, 0.2) is 47.5 Å². The van der Waals surface area contributed by atoms with Gasteiger partial charge in [0.25, 0.3) is 0 Å². The van der Waals surface area contributed by atoms with Crippen LogP contribution < -0.4 is 0 Å². The molecule has 0 N–H and O–H groups in total. The molecule has 1 aliphatic heterocycles. The van der Waals surface area contributed by atoms with Gasteiger partial charge in [-0.25, -0.2) is 4.79 Å². The molecule has 138 valence electrons. The number of Topliss-reactive ketones (excluding diaryl/α,β-unsaturated/α-hetero) is 1. The first-order valence-electron chi connectivity index (χ1n) is 9.11. The monoisotopic (exact) mass is 361 g/mol. The van der Waals surface area contributed by atoms with Gasteiger partial charge in [0.05, 0.1) is 18.0 Å². The predicted molar refractivity (Wildman–Crippen MR) is 108 cm³/mol. The SMILES string of the molecule is CCOC(=O)/C=C/c1cccc(C2=Nc3cc(C)c(C)cc3CC(=O)C2)c1. The van der Waals surface area contributed by atoms with E-state index in [1.165, 1.54) is 11.6 Å². The Hall–Kier alpha value is -3.01. The van der Waals surface area contributed by atoms with E-state index in [1.54, 1.807) is 13.0 Å². The average molecular weight is 361 g/mol. The van der Waals surface area contributed by atoms with E-state index in [9.17, 15) is 9.59 Å². The third kappa shape index (κ3) is 4.59.